The van der Waals surface area contributed by atoms with Crippen molar-refractivity contribution in [1.29, 1.82) is 0 Å². The number of aromatic amines is 2. The normalized spacial score (nSPS) is 10.6. The second-order valence-electron chi connectivity index (χ2n) is 2.46. The maximum absolute atomic E-state index is 10.8. The molecule has 2 N–H and O–H groups in total. The van der Waals surface area contributed by atoms with Gasteiger partial charge in [-0.05, 0) is 12.1 Å². The van der Waals surface area contributed by atoms with Gasteiger partial charge in [-0.2, -0.15) is 4.98 Å². The summed E-state index contributed by atoms with van der Waals surface area (Å²) >= 11 is 0. The monoisotopic (exact) mass is 150 g/mol. The Morgan fingerprint density at radius 3 is 3.00 bits per heavy atom. The summed E-state index contributed by atoms with van der Waals surface area (Å²) < 4.78 is 1.85. The van der Waals surface area contributed by atoms with Crippen LogP contribution in [-0.2, 0) is 7.05 Å². The van der Waals surface area contributed by atoms with E-state index in [0.717, 1.165) is 11.2 Å². The molecule has 56 valence electrons. The summed E-state index contributed by atoms with van der Waals surface area (Å²) in [6.07, 6.45) is 1.88. The number of hydrogen-bond acceptors (Lipinski definition) is 1. The van der Waals surface area contributed by atoms with E-state index in [0.29, 0.717) is 0 Å². The van der Waals surface area contributed by atoms with Gasteiger partial charge in [0.05, 0.1) is 13.2 Å². The molecule has 0 aliphatic heterocycles. The molecular weight excluding hydrogens is 142 g/mol. The summed E-state index contributed by atoms with van der Waals surface area (Å²) in [5.41, 5.74) is 1.49. The van der Waals surface area contributed by atoms with Crippen LogP contribution in [0, 0.1) is 0 Å². The van der Waals surface area contributed by atoms with Gasteiger partial charge in [-0.15, -0.1) is 0 Å². The number of aromatic nitrogens is 3. The fourth-order valence-electron chi connectivity index (χ4n) is 1.13. The Morgan fingerprint density at radius 1 is 1.45 bits per heavy atom. The number of imidazole rings is 1. The number of pyridine rings is 1. The molecular formula is C7H8N3O+. The number of hydrogen-bond donors (Lipinski definition) is 2. The molecule has 2 rings (SSSR count). The van der Waals surface area contributed by atoms with Crippen LogP contribution in [0.25, 0.3) is 11.2 Å². The van der Waals surface area contributed by atoms with Crippen molar-refractivity contribution in [2.45, 2.75) is 0 Å². The maximum atomic E-state index is 10.8. The van der Waals surface area contributed by atoms with Crippen LogP contribution in [-0.4, -0.2) is 9.97 Å². The van der Waals surface area contributed by atoms with Gasteiger partial charge in [0.1, 0.15) is 5.52 Å². The molecule has 2 heterocycles. The number of H-pyrrole nitrogens is 2. The summed E-state index contributed by atoms with van der Waals surface area (Å²) in [6.45, 7) is 0. The topological polar surface area (TPSA) is 52.5 Å². The minimum Gasteiger partial charge on any atom is -0.280 e. The molecule has 0 aliphatic rings. The lowest BCUT2D eigenvalue weighted by Gasteiger charge is -1.87. The fraction of sp³-hybridized carbons (Fsp3) is 0.143. The van der Waals surface area contributed by atoms with E-state index in [1.807, 2.05) is 29.9 Å². The van der Waals surface area contributed by atoms with Gasteiger partial charge in [0.2, 0.25) is 0 Å². The number of nitrogens with one attached hydrogen (secondary N) is 2. The van der Waals surface area contributed by atoms with Crippen LogP contribution in [0.3, 0.4) is 0 Å². The van der Waals surface area contributed by atoms with Gasteiger partial charge in [0.15, 0.2) is 0 Å². The van der Waals surface area contributed by atoms with Crippen molar-refractivity contribution in [2.24, 2.45) is 7.05 Å². The first-order chi connectivity index (χ1) is 5.27. The van der Waals surface area contributed by atoms with E-state index in [1.54, 1.807) is 0 Å². The highest BCUT2D eigenvalue weighted by atomic mass is 16.1. The zero-order valence-corrected chi connectivity index (χ0v) is 6.09. The Balaban J connectivity index is 3.01. The summed E-state index contributed by atoms with van der Waals surface area (Å²) in [4.78, 5) is 16.2. The molecule has 0 spiro atoms. The molecule has 2 aromatic rings. The van der Waals surface area contributed by atoms with Crippen LogP contribution in [0.2, 0.25) is 0 Å². The lowest BCUT2D eigenvalue weighted by atomic mass is 10.4. The number of rotatable bonds is 0. The van der Waals surface area contributed by atoms with Crippen LogP contribution in [0.15, 0.2) is 23.1 Å². The van der Waals surface area contributed by atoms with E-state index in [1.165, 1.54) is 0 Å². The molecule has 0 saturated heterocycles. The first-order valence-electron chi connectivity index (χ1n) is 3.34. The Bertz CT molecular complexity index is 440. The Morgan fingerprint density at radius 2 is 2.27 bits per heavy atom. The average molecular weight is 150 g/mol. The summed E-state index contributed by atoms with van der Waals surface area (Å²) in [5.74, 6) is 0. The molecule has 0 fully saturated rings. The minimum absolute atomic E-state index is 0.165. The molecule has 4 nitrogen and oxygen atoms in total. The molecule has 2 aromatic heterocycles. The van der Waals surface area contributed by atoms with E-state index < -0.39 is 0 Å². The van der Waals surface area contributed by atoms with Gasteiger partial charge in [0, 0.05) is 0 Å². The predicted molar refractivity (Wildman–Crippen MR) is 40.1 cm³/mol. The quantitative estimate of drug-likeness (QED) is 0.497. The van der Waals surface area contributed by atoms with Crippen molar-refractivity contribution in [3.63, 3.8) is 0 Å². The van der Waals surface area contributed by atoms with E-state index in [2.05, 4.69) is 9.97 Å². The zero-order chi connectivity index (χ0) is 7.84. The SMILES string of the molecule is C[n+]1cccc2[nH]c(=O)[nH]c21. The largest absolute Gasteiger partial charge is 0.411 e. The predicted octanol–water partition coefficient (Wildman–Crippen LogP) is -0.319. The van der Waals surface area contributed by atoms with E-state index in [-0.39, 0.29) is 5.69 Å². The lowest BCUT2D eigenvalue weighted by molar-refractivity contribution is -0.646. The van der Waals surface area contributed by atoms with Gasteiger partial charge < -0.3 is 0 Å². The summed E-state index contributed by atoms with van der Waals surface area (Å²) in [7, 11) is 1.88. The summed E-state index contributed by atoms with van der Waals surface area (Å²) in [5, 5.41) is 0. The Kier molecular flexibility index (Phi) is 1.09. The van der Waals surface area contributed by atoms with Gasteiger partial charge in [-0.1, -0.05) is 0 Å². The molecule has 0 aliphatic carbocycles. The zero-order valence-electron chi connectivity index (χ0n) is 6.09. The van der Waals surface area contributed by atoms with E-state index in [4.69, 9.17) is 0 Å². The molecule has 0 atom stereocenters. The van der Waals surface area contributed by atoms with Crippen LogP contribution in [0.1, 0.15) is 0 Å². The highest BCUT2D eigenvalue weighted by Gasteiger charge is 2.05. The van der Waals surface area contributed by atoms with Crippen molar-refractivity contribution in [1.82, 2.24) is 9.97 Å². The molecule has 11 heavy (non-hydrogen) atoms. The molecule has 0 saturated carbocycles. The van der Waals surface area contributed by atoms with Gasteiger partial charge in [0.25, 0.3) is 0 Å². The number of aryl methyl sites for hydroxylation is 1. The fourth-order valence-corrected chi connectivity index (χ4v) is 1.13. The van der Waals surface area contributed by atoms with Crippen molar-refractivity contribution in [2.75, 3.05) is 0 Å². The lowest BCUT2D eigenvalue weighted by Crippen LogP contribution is -2.28. The van der Waals surface area contributed by atoms with Gasteiger partial charge in [-0.3, -0.25) is 4.98 Å². The number of fused-ring (bicyclic) bond motifs is 1. The van der Waals surface area contributed by atoms with Crippen molar-refractivity contribution < 1.29 is 4.57 Å². The van der Waals surface area contributed by atoms with Gasteiger partial charge in [-0.25, -0.2) is 9.36 Å². The Hall–Kier alpha value is -1.58. The second-order valence-corrected chi connectivity index (χ2v) is 2.46. The van der Waals surface area contributed by atoms with Crippen LogP contribution in [0.4, 0.5) is 0 Å². The molecule has 0 radical (unpaired) electrons. The molecule has 0 aromatic carbocycles. The third-order valence-corrected chi connectivity index (χ3v) is 1.66. The third-order valence-electron chi connectivity index (χ3n) is 1.66. The van der Waals surface area contributed by atoms with Crippen molar-refractivity contribution in [3.8, 4) is 0 Å². The molecule has 4 heteroatoms. The average Bonchev–Trinajstić information content (AvgIpc) is 2.31. The van der Waals surface area contributed by atoms with E-state index >= 15 is 0 Å². The smallest absolute Gasteiger partial charge is 0.280 e. The first-order valence-corrected chi connectivity index (χ1v) is 3.34. The molecule has 0 bridgehead atoms. The van der Waals surface area contributed by atoms with Crippen molar-refractivity contribution in [3.05, 3.63) is 28.8 Å². The maximum Gasteiger partial charge on any atom is 0.411 e. The molecule has 0 amide bonds. The van der Waals surface area contributed by atoms with E-state index in [9.17, 15) is 4.79 Å². The highest BCUT2D eigenvalue weighted by Crippen LogP contribution is 1.97. The van der Waals surface area contributed by atoms with Crippen LogP contribution in [0.5, 0.6) is 0 Å². The highest BCUT2D eigenvalue weighted by molar-refractivity contribution is 5.65. The van der Waals surface area contributed by atoms with Crippen LogP contribution >= 0.6 is 0 Å². The van der Waals surface area contributed by atoms with Gasteiger partial charge >= 0.3 is 11.3 Å². The molecule has 0 unspecified atom stereocenters. The van der Waals surface area contributed by atoms with Crippen molar-refractivity contribution >= 4 is 11.2 Å². The minimum atomic E-state index is -0.165. The number of nitrogens with zero attached hydrogens (tertiary/aromatic N) is 1. The standard InChI is InChI=1S/C7H7N3O/c1-10-4-2-3-5-6(10)9-7(11)8-5/h2-4H,1H3,(H,8,11)/p+1. The Labute approximate surface area is 62.5 Å². The first kappa shape index (κ1) is 6.15. The summed E-state index contributed by atoms with van der Waals surface area (Å²) in [6, 6.07) is 3.74. The second kappa shape index (κ2) is 1.95. The van der Waals surface area contributed by atoms with Crippen LogP contribution < -0.4 is 10.3 Å². The third kappa shape index (κ3) is 0.832.